The fourth-order valence-electron chi connectivity index (χ4n) is 1.62. The summed E-state index contributed by atoms with van der Waals surface area (Å²) < 4.78 is 1.07. The normalized spacial score (nSPS) is 12.4. The molecule has 0 spiro atoms. The molecular formula is C12H13BrN4. The zero-order valence-electron chi connectivity index (χ0n) is 9.18. The van der Waals surface area contributed by atoms with E-state index in [1.165, 1.54) is 11.9 Å². The Bertz CT molecular complexity index is 458. The zero-order valence-corrected chi connectivity index (χ0v) is 10.8. The highest BCUT2D eigenvalue weighted by atomic mass is 79.9. The van der Waals surface area contributed by atoms with Crippen LogP contribution in [0.1, 0.15) is 17.2 Å². The van der Waals surface area contributed by atoms with Crippen molar-refractivity contribution in [1.29, 1.82) is 0 Å². The predicted octanol–water partition coefficient (Wildman–Crippen LogP) is 1.99. The molecule has 1 unspecified atom stereocenters. The molecule has 0 saturated carbocycles. The van der Waals surface area contributed by atoms with Crippen LogP contribution in [0.3, 0.4) is 0 Å². The third-order valence-corrected chi connectivity index (χ3v) is 3.07. The molecule has 0 fully saturated rings. The van der Waals surface area contributed by atoms with Gasteiger partial charge in [-0.1, -0.05) is 28.1 Å². The lowest BCUT2D eigenvalue weighted by Gasteiger charge is -2.15. The van der Waals surface area contributed by atoms with Crippen molar-refractivity contribution in [3.8, 4) is 0 Å². The largest absolute Gasteiger partial charge is 0.271 e. The van der Waals surface area contributed by atoms with Crippen molar-refractivity contribution in [1.82, 2.24) is 15.4 Å². The first-order valence-electron chi connectivity index (χ1n) is 5.25. The van der Waals surface area contributed by atoms with E-state index in [0.29, 0.717) is 0 Å². The maximum absolute atomic E-state index is 5.57. The number of hydrogen-bond acceptors (Lipinski definition) is 4. The van der Waals surface area contributed by atoms with Crippen molar-refractivity contribution in [2.24, 2.45) is 5.84 Å². The van der Waals surface area contributed by atoms with Gasteiger partial charge < -0.3 is 0 Å². The van der Waals surface area contributed by atoms with Gasteiger partial charge in [0.25, 0.3) is 0 Å². The van der Waals surface area contributed by atoms with Crippen LogP contribution in [0.15, 0.2) is 47.5 Å². The van der Waals surface area contributed by atoms with Crippen molar-refractivity contribution in [2.75, 3.05) is 0 Å². The minimum absolute atomic E-state index is 0.0253. The topological polar surface area (TPSA) is 63.8 Å². The van der Waals surface area contributed by atoms with Crippen LogP contribution in [0.25, 0.3) is 0 Å². The van der Waals surface area contributed by atoms with Gasteiger partial charge in [0, 0.05) is 22.4 Å². The monoisotopic (exact) mass is 292 g/mol. The van der Waals surface area contributed by atoms with Gasteiger partial charge in [-0.2, -0.15) is 0 Å². The van der Waals surface area contributed by atoms with E-state index in [1.807, 2.05) is 12.1 Å². The SMILES string of the molecule is NNC(Cc1ccc(Br)cc1)c1cncnc1. The standard InChI is InChI=1S/C12H13BrN4/c13-11-3-1-9(2-4-11)5-12(17-14)10-6-15-8-16-7-10/h1-4,6-8,12,17H,5,14H2. The van der Waals surface area contributed by atoms with Crippen LogP contribution >= 0.6 is 15.9 Å². The van der Waals surface area contributed by atoms with E-state index in [4.69, 9.17) is 5.84 Å². The van der Waals surface area contributed by atoms with Gasteiger partial charge in [0.15, 0.2) is 0 Å². The fraction of sp³-hybridized carbons (Fsp3) is 0.167. The smallest absolute Gasteiger partial charge is 0.115 e. The number of rotatable bonds is 4. The van der Waals surface area contributed by atoms with Crippen LogP contribution in [0.5, 0.6) is 0 Å². The Morgan fingerprint density at radius 3 is 2.41 bits per heavy atom. The van der Waals surface area contributed by atoms with Crippen LogP contribution in [0.4, 0.5) is 0 Å². The Balaban J connectivity index is 2.13. The molecule has 17 heavy (non-hydrogen) atoms. The van der Waals surface area contributed by atoms with Gasteiger partial charge in [-0.05, 0) is 24.1 Å². The average Bonchev–Trinajstić information content (AvgIpc) is 2.39. The first-order valence-corrected chi connectivity index (χ1v) is 6.04. The maximum atomic E-state index is 5.57. The molecule has 0 bridgehead atoms. The molecule has 1 aromatic heterocycles. The Morgan fingerprint density at radius 2 is 1.82 bits per heavy atom. The van der Waals surface area contributed by atoms with E-state index < -0.39 is 0 Å². The van der Waals surface area contributed by atoms with Crippen molar-refractivity contribution >= 4 is 15.9 Å². The van der Waals surface area contributed by atoms with Gasteiger partial charge in [0.05, 0.1) is 6.04 Å². The van der Waals surface area contributed by atoms with Gasteiger partial charge >= 0.3 is 0 Å². The summed E-state index contributed by atoms with van der Waals surface area (Å²) in [6.07, 6.45) is 5.86. The summed E-state index contributed by atoms with van der Waals surface area (Å²) in [4.78, 5) is 7.99. The van der Waals surface area contributed by atoms with Gasteiger partial charge in [0.1, 0.15) is 6.33 Å². The predicted molar refractivity (Wildman–Crippen MR) is 69.9 cm³/mol. The highest BCUT2D eigenvalue weighted by Crippen LogP contribution is 2.18. The van der Waals surface area contributed by atoms with Gasteiger partial charge in [-0.15, -0.1) is 0 Å². The molecular weight excluding hydrogens is 280 g/mol. The molecule has 4 nitrogen and oxygen atoms in total. The first kappa shape index (κ1) is 12.2. The van der Waals surface area contributed by atoms with Crippen LogP contribution in [0, 0.1) is 0 Å². The number of hydrogen-bond donors (Lipinski definition) is 2. The van der Waals surface area contributed by atoms with Crippen molar-refractivity contribution in [3.05, 3.63) is 58.6 Å². The van der Waals surface area contributed by atoms with Crippen LogP contribution in [-0.4, -0.2) is 9.97 Å². The third-order valence-electron chi connectivity index (χ3n) is 2.54. The molecule has 88 valence electrons. The summed E-state index contributed by atoms with van der Waals surface area (Å²) in [7, 11) is 0. The second kappa shape index (κ2) is 5.86. The number of nitrogens with one attached hydrogen (secondary N) is 1. The van der Waals surface area contributed by atoms with Crippen LogP contribution in [0.2, 0.25) is 0 Å². The van der Waals surface area contributed by atoms with Crippen LogP contribution in [-0.2, 0) is 6.42 Å². The quantitative estimate of drug-likeness (QED) is 0.668. The Labute approximate surface area is 108 Å². The molecule has 0 aliphatic heterocycles. The number of halogens is 1. The summed E-state index contributed by atoms with van der Waals surface area (Å²) in [5.41, 5.74) is 4.98. The molecule has 1 heterocycles. The molecule has 5 heteroatoms. The van der Waals surface area contributed by atoms with Crippen molar-refractivity contribution in [3.63, 3.8) is 0 Å². The maximum Gasteiger partial charge on any atom is 0.115 e. The first-order chi connectivity index (χ1) is 8.29. The summed E-state index contributed by atoms with van der Waals surface area (Å²) in [6, 6.07) is 8.20. The second-order valence-corrected chi connectivity index (χ2v) is 4.64. The number of aromatic nitrogens is 2. The Kier molecular flexibility index (Phi) is 4.19. The summed E-state index contributed by atoms with van der Waals surface area (Å²) in [5.74, 6) is 5.57. The molecule has 0 radical (unpaired) electrons. The van der Waals surface area contributed by atoms with Gasteiger partial charge in [0.2, 0.25) is 0 Å². The summed E-state index contributed by atoms with van der Waals surface area (Å²) in [5, 5.41) is 0. The van der Waals surface area contributed by atoms with Gasteiger partial charge in [-0.3, -0.25) is 11.3 Å². The molecule has 3 N–H and O–H groups in total. The van der Waals surface area contributed by atoms with Gasteiger partial charge in [-0.25, -0.2) is 9.97 Å². The molecule has 1 atom stereocenters. The molecule has 2 aromatic rings. The van der Waals surface area contributed by atoms with Crippen LogP contribution < -0.4 is 11.3 Å². The Morgan fingerprint density at radius 1 is 1.18 bits per heavy atom. The van der Waals surface area contributed by atoms with E-state index in [-0.39, 0.29) is 6.04 Å². The number of benzene rings is 1. The zero-order chi connectivity index (χ0) is 12.1. The van der Waals surface area contributed by atoms with Crippen molar-refractivity contribution < 1.29 is 0 Å². The number of hydrazine groups is 1. The molecule has 0 aliphatic carbocycles. The van der Waals surface area contributed by atoms with E-state index in [0.717, 1.165) is 16.5 Å². The lowest BCUT2D eigenvalue weighted by Crippen LogP contribution is -2.29. The lowest BCUT2D eigenvalue weighted by atomic mass is 10.0. The fourth-order valence-corrected chi connectivity index (χ4v) is 1.88. The minimum Gasteiger partial charge on any atom is -0.271 e. The average molecular weight is 293 g/mol. The summed E-state index contributed by atoms with van der Waals surface area (Å²) >= 11 is 3.41. The van der Waals surface area contributed by atoms with E-state index in [9.17, 15) is 0 Å². The van der Waals surface area contributed by atoms with E-state index in [1.54, 1.807) is 12.4 Å². The molecule has 0 saturated heterocycles. The Hall–Kier alpha value is -1.30. The van der Waals surface area contributed by atoms with E-state index in [2.05, 4.69) is 43.5 Å². The minimum atomic E-state index is 0.0253. The second-order valence-electron chi connectivity index (χ2n) is 3.72. The highest BCUT2D eigenvalue weighted by Gasteiger charge is 2.10. The van der Waals surface area contributed by atoms with E-state index >= 15 is 0 Å². The molecule has 2 rings (SSSR count). The third kappa shape index (κ3) is 3.33. The number of nitrogens with two attached hydrogens (primary N) is 1. The lowest BCUT2D eigenvalue weighted by molar-refractivity contribution is 0.548. The molecule has 1 aromatic carbocycles. The summed E-state index contributed by atoms with van der Waals surface area (Å²) in [6.45, 7) is 0. The molecule has 0 amide bonds. The number of nitrogens with zero attached hydrogens (tertiary/aromatic N) is 2. The van der Waals surface area contributed by atoms with Crippen molar-refractivity contribution in [2.45, 2.75) is 12.5 Å². The highest BCUT2D eigenvalue weighted by molar-refractivity contribution is 9.10. The molecule has 0 aliphatic rings.